The van der Waals surface area contributed by atoms with E-state index in [9.17, 15) is 0 Å². The van der Waals surface area contributed by atoms with Gasteiger partial charge >= 0.3 is 0 Å². The van der Waals surface area contributed by atoms with Crippen LogP contribution in [-0.4, -0.2) is 4.98 Å². The number of hydrogen-bond acceptors (Lipinski definition) is 1. The van der Waals surface area contributed by atoms with Crippen molar-refractivity contribution in [1.82, 2.24) is 4.98 Å². The Balaban J connectivity index is 1.76. The number of nitrogens with zero attached hydrogens (tertiary/aromatic N) is 1. The van der Waals surface area contributed by atoms with Crippen molar-refractivity contribution in [2.45, 2.75) is 40.0 Å². The van der Waals surface area contributed by atoms with Gasteiger partial charge < -0.3 is 0 Å². The summed E-state index contributed by atoms with van der Waals surface area (Å²) in [6, 6.07) is 24.3. The molecule has 0 fully saturated rings. The third-order valence-corrected chi connectivity index (χ3v) is 5.90. The molecule has 3 aromatic carbocycles. The van der Waals surface area contributed by atoms with Crippen molar-refractivity contribution >= 4 is 10.8 Å². The van der Waals surface area contributed by atoms with Gasteiger partial charge in [-0.25, -0.2) is 0 Å². The molecule has 0 N–H and O–H groups in total. The standard InChI is InChI=1S/C27H27N/c1-5-18(2)23-13-14-25-24(17-23)15-16-28-27(25)22-11-9-21(10-12-22)26-19(3)7-6-8-20(26)4/h6-18H,5H2,1-4H3. The van der Waals surface area contributed by atoms with E-state index in [-0.39, 0.29) is 0 Å². The molecule has 1 heterocycles. The van der Waals surface area contributed by atoms with Crippen LogP contribution in [0.1, 0.15) is 42.9 Å². The molecule has 1 heteroatoms. The molecule has 140 valence electrons. The molecule has 0 saturated heterocycles. The molecule has 1 aromatic heterocycles. The normalized spacial score (nSPS) is 12.3. The minimum Gasteiger partial charge on any atom is -0.256 e. The fourth-order valence-corrected chi connectivity index (χ4v) is 4.03. The van der Waals surface area contributed by atoms with Gasteiger partial charge in [0.2, 0.25) is 0 Å². The second-order valence-electron chi connectivity index (χ2n) is 7.79. The lowest BCUT2D eigenvalue weighted by atomic mass is 9.93. The number of pyridine rings is 1. The molecule has 0 saturated carbocycles. The van der Waals surface area contributed by atoms with Crippen molar-refractivity contribution in [2.75, 3.05) is 0 Å². The zero-order chi connectivity index (χ0) is 19.7. The Hall–Kier alpha value is -2.93. The van der Waals surface area contributed by atoms with E-state index in [0.717, 1.165) is 17.7 Å². The summed E-state index contributed by atoms with van der Waals surface area (Å²) in [6.07, 6.45) is 3.08. The van der Waals surface area contributed by atoms with Gasteiger partial charge in [-0.1, -0.05) is 74.5 Å². The summed E-state index contributed by atoms with van der Waals surface area (Å²) in [5.41, 5.74) is 8.84. The third-order valence-electron chi connectivity index (χ3n) is 5.90. The smallest absolute Gasteiger partial charge is 0.0780 e. The summed E-state index contributed by atoms with van der Waals surface area (Å²) < 4.78 is 0. The third kappa shape index (κ3) is 3.33. The molecule has 0 aliphatic carbocycles. The van der Waals surface area contributed by atoms with Crippen LogP contribution in [0.5, 0.6) is 0 Å². The Labute approximate surface area is 168 Å². The van der Waals surface area contributed by atoms with Crippen molar-refractivity contribution in [3.63, 3.8) is 0 Å². The van der Waals surface area contributed by atoms with Gasteiger partial charge in [0.25, 0.3) is 0 Å². The minimum absolute atomic E-state index is 0.581. The van der Waals surface area contributed by atoms with Gasteiger partial charge in [-0.3, -0.25) is 4.98 Å². The van der Waals surface area contributed by atoms with E-state index in [1.54, 1.807) is 0 Å². The van der Waals surface area contributed by atoms with Gasteiger partial charge in [-0.05, 0) is 65.5 Å². The van der Waals surface area contributed by atoms with Crippen molar-refractivity contribution < 1.29 is 0 Å². The van der Waals surface area contributed by atoms with E-state index in [1.807, 2.05) is 6.20 Å². The molecule has 4 aromatic rings. The van der Waals surface area contributed by atoms with Crippen LogP contribution in [0.3, 0.4) is 0 Å². The lowest BCUT2D eigenvalue weighted by Crippen LogP contribution is -1.93. The van der Waals surface area contributed by atoms with Crippen LogP contribution in [0.4, 0.5) is 0 Å². The molecule has 4 rings (SSSR count). The minimum atomic E-state index is 0.581. The largest absolute Gasteiger partial charge is 0.256 e. The average Bonchev–Trinajstić information content (AvgIpc) is 2.72. The number of benzene rings is 3. The predicted molar refractivity (Wildman–Crippen MR) is 121 cm³/mol. The van der Waals surface area contributed by atoms with Crippen LogP contribution in [0.2, 0.25) is 0 Å². The van der Waals surface area contributed by atoms with Crippen molar-refractivity contribution in [2.24, 2.45) is 0 Å². The van der Waals surface area contributed by atoms with Crippen LogP contribution < -0.4 is 0 Å². The van der Waals surface area contributed by atoms with Crippen LogP contribution in [0.15, 0.2) is 72.9 Å². The van der Waals surface area contributed by atoms with E-state index >= 15 is 0 Å². The van der Waals surface area contributed by atoms with Gasteiger partial charge in [-0.15, -0.1) is 0 Å². The summed E-state index contributed by atoms with van der Waals surface area (Å²) in [6.45, 7) is 8.88. The molecule has 0 amide bonds. The molecule has 28 heavy (non-hydrogen) atoms. The number of rotatable bonds is 4. The Morgan fingerprint density at radius 1 is 0.821 bits per heavy atom. The van der Waals surface area contributed by atoms with Gasteiger partial charge in [0.05, 0.1) is 5.69 Å². The molecular weight excluding hydrogens is 338 g/mol. The highest BCUT2D eigenvalue weighted by Gasteiger charge is 2.10. The second-order valence-corrected chi connectivity index (χ2v) is 7.79. The zero-order valence-electron chi connectivity index (χ0n) is 17.2. The first-order chi connectivity index (χ1) is 13.6. The number of hydrogen-bond donors (Lipinski definition) is 0. The Morgan fingerprint density at radius 2 is 1.50 bits per heavy atom. The first-order valence-corrected chi connectivity index (χ1v) is 10.1. The van der Waals surface area contributed by atoms with E-state index < -0.39 is 0 Å². The van der Waals surface area contributed by atoms with Gasteiger partial charge in [0, 0.05) is 17.1 Å². The highest BCUT2D eigenvalue weighted by Crippen LogP contribution is 2.32. The maximum Gasteiger partial charge on any atom is 0.0780 e. The summed E-state index contributed by atoms with van der Waals surface area (Å²) >= 11 is 0. The van der Waals surface area contributed by atoms with Crippen LogP contribution in [0, 0.1) is 13.8 Å². The fourth-order valence-electron chi connectivity index (χ4n) is 4.03. The summed E-state index contributed by atoms with van der Waals surface area (Å²) in [5, 5.41) is 2.48. The lowest BCUT2D eigenvalue weighted by Gasteiger charge is -2.13. The number of aryl methyl sites for hydroxylation is 2. The van der Waals surface area contributed by atoms with E-state index in [2.05, 4.69) is 94.4 Å². The van der Waals surface area contributed by atoms with Crippen LogP contribution in [0.25, 0.3) is 33.2 Å². The molecular formula is C27H27N. The first kappa shape index (κ1) is 18.4. The van der Waals surface area contributed by atoms with Gasteiger partial charge in [0.15, 0.2) is 0 Å². The average molecular weight is 366 g/mol. The highest BCUT2D eigenvalue weighted by atomic mass is 14.7. The highest BCUT2D eigenvalue weighted by molar-refractivity contribution is 5.95. The van der Waals surface area contributed by atoms with Crippen molar-refractivity contribution in [3.8, 4) is 22.4 Å². The quantitative estimate of drug-likeness (QED) is 0.361. The maximum absolute atomic E-state index is 4.71. The van der Waals surface area contributed by atoms with Gasteiger partial charge in [-0.2, -0.15) is 0 Å². The molecule has 0 radical (unpaired) electrons. The molecule has 1 atom stereocenters. The van der Waals surface area contributed by atoms with Crippen molar-refractivity contribution in [3.05, 3.63) is 89.6 Å². The molecule has 1 unspecified atom stereocenters. The zero-order valence-corrected chi connectivity index (χ0v) is 17.2. The molecule has 1 nitrogen and oxygen atoms in total. The molecule has 0 bridgehead atoms. The molecule has 0 aliphatic heterocycles. The van der Waals surface area contributed by atoms with Crippen LogP contribution in [-0.2, 0) is 0 Å². The monoisotopic (exact) mass is 365 g/mol. The Bertz CT molecular complexity index is 1100. The maximum atomic E-state index is 4.71. The Morgan fingerprint density at radius 3 is 2.18 bits per heavy atom. The van der Waals surface area contributed by atoms with E-state index in [1.165, 1.54) is 38.6 Å². The number of aromatic nitrogens is 1. The number of fused-ring (bicyclic) bond motifs is 1. The Kier molecular flexibility index (Phi) is 5.00. The summed E-state index contributed by atoms with van der Waals surface area (Å²) in [4.78, 5) is 4.71. The summed E-state index contributed by atoms with van der Waals surface area (Å²) in [5.74, 6) is 0.581. The predicted octanol–water partition coefficient (Wildman–Crippen LogP) is 7.70. The lowest BCUT2D eigenvalue weighted by molar-refractivity contribution is 0.735. The first-order valence-electron chi connectivity index (χ1n) is 10.1. The van der Waals surface area contributed by atoms with E-state index in [0.29, 0.717) is 5.92 Å². The SMILES string of the molecule is CCC(C)c1ccc2c(-c3ccc(-c4c(C)cccc4C)cc3)nccc2c1. The summed E-state index contributed by atoms with van der Waals surface area (Å²) in [7, 11) is 0. The molecule has 0 aliphatic rings. The topological polar surface area (TPSA) is 12.9 Å². The van der Waals surface area contributed by atoms with E-state index in [4.69, 9.17) is 4.98 Å². The molecule has 0 spiro atoms. The van der Waals surface area contributed by atoms with Crippen LogP contribution >= 0.6 is 0 Å². The van der Waals surface area contributed by atoms with Crippen molar-refractivity contribution in [1.29, 1.82) is 0 Å². The fraction of sp³-hybridized carbons (Fsp3) is 0.222. The van der Waals surface area contributed by atoms with Gasteiger partial charge in [0.1, 0.15) is 0 Å². The second kappa shape index (κ2) is 7.59.